The van der Waals surface area contributed by atoms with Gasteiger partial charge in [0.1, 0.15) is 0 Å². The Kier molecular flexibility index (Phi) is 4.03. The van der Waals surface area contributed by atoms with E-state index in [0.29, 0.717) is 0 Å². The van der Waals surface area contributed by atoms with Crippen molar-refractivity contribution in [2.75, 3.05) is 11.5 Å². The third-order valence-corrected chi connectivity index (χ3v) is 2.73. The Morgan fingerprint density at radius 2 is 2.00 bits per heavy atom. The summed E-state index contributed by atoms with van der Waals surface area (Å²) in [5.41, 5.74) is 4.33. The van der Waals surface area contributed by atoms with Crippen LogP contribution in [-0.2, 0) is 12.8 Å². The van der Waals surface area contributed by atoms with Crippen LogP contribution in [0.1, 0.15) is 25.0 Å². The summed E-state index contributed by atoms with van der Waals surface area (Å²) >= 11 is 0. The first-order valence-electron chi connectivity index (χ1n) is 5.18. The molecule has 1 aromatic rings. The van der Waals surface area contributed by atoms with Gasteiger partial charge in [-0.1, -0.05) is 26.0 Å². The standard InChI is InChI=1S/C11H19NSi/c1-3-9-6-5-7-11(12-8-13)10(9)4-2/h5-7,12H,3-4,8H2,1-2,13H3. The van der Waals surface area contributed by atoms with E-state index in [0.717, 1.165) is 19.0 Å². The highest BCUT2D eigenvalue weighted by atomic mass is 28.1. The van der Waals surface area contributed by atoms with Gasteiger partial charge in [0, 0.05) is 15.9 Å². The Labute approximate surface area is 84.0 Å². The largest absolute Gasteiger partial charge is 0.389 e. The summed E-state index contributed by atoms with van der Waals surface area (Å²) < 4.78 is 0. The molecule has 0 spiro atoms. The molecule has 0 amide bonds. The van der Waals surface area contributed by atoms with Crippen molar-refractivity contribution >= 4 is 15.9 Å². The molecule has 1 N–H and O–H groups in total. The van der Waals surface area contributed by atoms with Gasteiger partial charge < -0.3 is 5.32 Å². The van der Waals surface area contributed by atoms with E-state index in [1.165, 1.54) is 27.1 Å². The topological polar surface area (TPSA) is 12.0 Å². The Bertz CT molecular complexity index is 271. The molecule has 0 heterocycles. The van der Waals surface area contributed by atoms with Crippen LogP contribution in [0.3, 0.4) is 0 Å². The van der Waals surface area contributed by atoms with Crippen LogP contribution in [0.5, 0.6) is 0 Å². The molecule has 0 atom stereocenters. The molecule has 72 valence electrons. The summed E-state index contributed by atoms with van der Waals surface area (Å²) in [7, 11) is 1.21. The van der Waals surface area contributed by atoms with Crippen LogP contribution in [0.4, 0.5) is 5.69 Å². The molecule has 0 aliphatic rings. The third-order valence-electron chi connectivity index (χ3n) is 2.37. The van der Waals surface area contributed by atoms with E-state index in [-0.39, 0.29) is 0 Å². The normalized spacial score (nSPS) is 10.3. The highest BCUT2D eigenvalue weighted by molar-refractivity contribution is 6.10. The molecule has 1 rings (SSSR count). The number of anilines is 1. The van der Waals surface area contributed by atoms with Gasteiger partial charge in [0.05, 0.1) is 0 Å². The molecular formula is C11H19NSi. The van der Waals surface area contributed by atoms with Gasteiger partial charge in [-0.25, -0.2) is 0 Å². The predicted molar refractivity (Wildman–Crippen MR) is 63.6 cm³/mol. The van der Waals surface area contributed by atoms with E-state index >= 15 is 0 Å². The average Bonchev–Trinajstić information content (AvgIpc) is 2.18. The highest BCUT2D eigenvalue weighted by Crippen LogP contribution is 2.20. The minimum atomic E-state index is 1.13. The molecule has 0 saturated heterocycles. The average molecular weight is 193 g/mol. The molecule has 0 saturated carbocycles. The van der Waals surface area contributed by atoms with Gasteiger partial charge in [0.2, 0.25) is 0 Å². The zero-order valence-corrected chi connectivity index (χ0v) is 10.9. The van der Waals surface area contributed by atoms with E-state index in [9.17, 15) is 0 Å². The summed E-state index contributed by atoms with van der Waals surface area (Å²) in [5, 5.41) is 3.46. The van der Waals surface area contributed by atoms with Crippen molar-refractivity contribution in [3.8, 4) is 0 Å². The lowest BCUT2D eigenvalue weighted by Gasteiger charge is -2.12. The Morgan fingerprint density at radius 1 is 1.23 bits per heavy atom. The van der Waals surface area contributed by atoms with Crippen LogP contribution in [0.2, 0.25) is 0 Å². The maximum absolute atomic E-state index is 3.46. The second kappa shape index (κ2) is 5.07. The first-order valence-corrected chi connectivity index (χ1v) is 6.59. The Balaban J connectivity index is 3.03. The van der Waals surface area contributed by atoms with Gasteiger partial charge in [-0.2, -0.15) is 0 Å². The van der Waals surface area contributed by atoms with Gasteiger partial charge in [0.15, 0.2) is 0 Å². The molecule has 0 radical (unpaired) electrons. The Morgan fingerprint density at radius 3 is 2.54 bits per heavy atom. The first kappa shape index (κ1) is 10.3. The van der Waals surface area contributed by atoms with Crippen molar-refractivity contribution in [1.29, 1.82) is 0 Å². The number of aryl methyl sites for hydroxylation is 1. The number of rotatable bonds is 4. The monoisotopic (exact) mass is 193 g/mol. The van der Waals surface area contributed by atoms with Gasteiger partial charge in [0.25, 0.3) is 0 Å². The minimum absolute atomic E-state index is 1.13. The minimum Gasteiger partial charge on any atom is -0.389 e. The van der Waals surface area contributed by atoms with Gasteiger partial charge in [-0.05, 0) is 36.2 Å². The molecule has 0 aromatic heterocycles. The summed E-state index contributed by atoms with van der Waals surface area (Å²) in [5.74, 6) is 0. The zero-order chi connectivity index (χ0) is 9.68. The maximum atomic E-state index is 3.46. The van der Waals surface area contributed by atoms with Crippen molar-refractivity contribution in [3.05, 3.63) is 29.3 Å². The van der Waals surface area contributed by atoms with Crippen LogP contribution in [-0.4, -0.2) is 16.4 Å². The summed E-state index contributed by atoms with van der Waals surface area (Å²) in [6, 6.07) is 6.57. The smallest absolute Gasteiger partial charge is 0.0372 e. The van der Waals surface area contributed by atoms with Crippen LogP contribution < -0.4 is 5.32 Å². The number of nitrogens with one attached hydrogen (secondary N) is 1. The van der Waals surface area contributed by atoms with Crippen molar-refractivity contribution in [1.82, 2.24) is 0 Å². The van der Waals surface area contributed by atoms with Gasteiger partial charge in [-0.15, -0.1) is 0 Å². The number of hydrogen-bond acceptors (Lipinski definition) is 1. The van der Waals surface area contributed by atoms with Crippen LogP contribution in [0.15, 0.2) is 18.2 Å². The lowest BCUT2D eigenvalue weighted by atomic mass is 10.0. The van der Waals surface area contributed by atoms with E-state index < -0.39 is 0 Å². The molecule has 0 aliphatic heterocycles. The molecule has 13 heavy (non-hydrogen) atoms. The van der Waals surface area contributed by atoms with E-state index in [1.807, 2.05) is 0 Å². The molecule has 0 fully saturated rings. The molecular weight excluding hydrogens is 174 g/mol. The number of hydrogen-bond donors (Lipinski definition) is 1. The molecule has 0 unspecified atom stereocenters. The lowest BCUT2D eigenvalue weighted by molar-refractivity contribution is 1.04. The highest BCUT2D eigenvalue weighted by Gasteiger charge is 2.03. The predicted octanol–water partition coefficient (Wildman–Crippen LogP) is 1.55. The first-order chi connectivity index (χ1) is 6.33. The quantitative estimate of drug-likeness (QED) is 0.715. The molecule has 0 bridgehead atoms. The van der Waals surface area contributed by atoms with Crippen molar-refractivity contribution in [3.63, 3.8) is 0 Å². The summed E-state index contributed by atoms with van der Waals surface area (Å²) in [4.78, 5) is 0. The van der Waals surface area contributed by atoms with E-state index in [4.69, 9.17) is 0 Å². The van der Waals surface area contributed by atoms with Gasteiger partial charge in [-0.3, -0.25) is 0 Å². The van der Waals surface area contributed by atoms with Crippen molar-refractivity contribution < 1.29 is 0 Å². The second-order valence-electron chi connectivity index (χ2n) is 3.18. The lowest BCUT2D eigenvalue weighted by Crippen LogP contribution is -2.05. The Hall–Kier alpha value is -0.763. The van der Waals surface area contributed by atoms with Gasteiger partial charge >= 0.3 is 0 Å². The van der Waals surface area contributed by atoms with Crippen LogP contribution in [0.25, 0.3) is 0 Å². The van der Waals surface area contributed by atoms with E-state index in [1.54, 1.807) is 0 Å². The van der Waals surface area contributed by atoms with Crippen LogP contribution >= 0.6 is 0 Å². The molecule has 0 aliphatic carbocycles. The fourth-order valence-electron chi connectivity index (χ4n) is 1.74. The van der Waals surface area contributed by atoms with Crippen molar-refractivity contribution in [2.45, 2.75) is 26.7 Å². The van der Waals surface area contributed by atoms with E-state index in [2.05, 4.69) is 37.4 Å². The molecule has 1 nitrogen and oxygen atoms in total. The molecule has 1 aromatic carbocycles. The summed E-state index contributed by atoms with van der Waals surface area (Å²) in [6.45, 7) is 4.45. The maximum Gasteiger partial charge on any atom is 0.0372 e. The second-order valence-corrected chi connectivity index (χ2v) is 3.89. The van der Waals surface area contributed by atoms with Crippen molar-refractivity contribution in [2.24, 2.45) is 0 Å². The zero-order valence-electron chi connectivity index (χ0n) is 8.85. The number of benzene rings is 1. The fourth-order valence-corrected chi connectivity index (χ4v) is 2.12. The third kappa shape index (κ3) is 2.34. The molecule has 2 heteroatoms. The summed E-state index contributed by atoms with van der Waals surface area (Å²) in [6.07, 6.45) is 3.41. The SMILES string of the molecule is CCc1cccc(NC[SiH3])c1CC. The van der Waals surface area contributed by atoms with Crippen LogP contribution in [0, 0.1) is 0 Å². The fraction of sp³-hybridized carbons (Fsp3) is 0.455.